The van der Waals surface area contributed by atoms with Crippen LogP contribution in [-0.4, -0.2) is 59.8 Å². The van der Waals surface area contributed by atoms with Gasteiger partial charge in [-0.2, -0.15) is 4.98 Å². The molecule has 2 aromatic rings. The van der Waals surface area contributed by atoms with Gasteiger partial charge in [-0.1, -0.05) is 0 Å². The van der Waals surface area contributed by atoms with Gasteiger partial charge in [-0.15, -0.1) is 0 Å². The Labute approximate surface area is 117 Å². The van der Waals surface area contributed by atoms with Crippen LogP contribution in [0.2, 0.25) is 0 Å². The number of aliphatic hydroxyl groups excluding tert-OH is 3. The molecular weight excluding hydrogens is 282 g/mol. The van der Waals surface area contributed by atoms with Crippen molar-refractivity contribution in [3.8, 4) is 0 Å². The van der Waals surface area contributed by atoms with Crippen LogP contribution in [0.5, 0.6) is 0 Å². The van der Waals surface area contributed by atoms with E-state index in [0.717, 1.165) is 0 Å². The van der Waals surface area contributed by atoms with Crippen molar-refractivity contribution >= 4 is 17.1 Å². The summed E-state index contributed by atoms with van der Waals surface area (Å²) in [6.07, 6.45) is -0.583. The fourth-order valence-corrected chi connectivity index (χ4v) is 2.49. The molecule has 0 bridgehead atoms. The lowest BCUT2D eigenvalue weighted by atomic mass is 10.0. The molecule has 0 aliphatic carbocycles. The zero-order valence-corrected chi connectivity index (χ0v) is 10.9. The maximum atomic E-state index is 11.7. The van der Waals surface area contributed by atoms with Crippen molar-refractivity contribution in [2.75, 3.05) is 18.9 Å². The van der Waals surface area contributed by atoms with E-state index in [1.54, 1.807) is 0 Å². The normalized spacial score (nSPS) is 24.7. The number of rotatable bonds is 3. The van der Waals surface area contributed by atoms with Crippen molar-refractivity contribution in [3.63, 3.8) is 0 Å². The Balaban J connectivity index is 2.07. The van der Waals surface area contributed by atoms with Crippen LogP contribution < -0.4 is 11.3 Å². The minimum Gasteiger partial charge on any atom is -0.393 e. The van der Waals surface area contributed by atoms with Crippen molar-refractivity contribution in [1.82, 2.24) is 19.5 Å². The molecule has 3 rings (SSSR count). The van der Waals surface area contributed by atoms with Crippen LogP contribution in [-0.2, 0) is 4.74 Å². The van der Waals surface area contributed by atoms with Crippen LogP contribution in [0.4, 0.5) is 5.95 Å². The van der Waals surface area contributed by atoms with E-state index in [2.05, 4.69) is 15.0 Å². The average Bonchev–Trinajstić information content (AvgIpc) is 3.00. The summed E-state index contributed by atoms with van der Waals surface area (Å²) in [5.74, 6) is -0.0858. The number of hydrogen-bond acceptors (Lipinski definition) is 8. The second-order valence-electron chi connectivity index (χ2n) is 5.05. The lowest BCUT2D eigenvalue weighted by molar-refractivity contribution is -0.127. The summed E-state index contributed by atoms with van der Waals surface area (Å²) >= 11 is 0. The standard InChI is InChI=1S/C11H15N5O5/c12-10-14-7-6(8(20)15-10)13-4-16(7)9-5(19)1-11(2-17,3-18)21-9/h4-5,9,17-19H,1-3H2,(H3,12,14,15,20)/t5-,9-/m1/s1. The Morgan fingerprint density at radius 1 is 1.52 bits per heavy atom. The number of hydrogen-bond donors (Lipinski definition) is 5. The first-order valence-electron chi connectivity index (χ1n) is 6.29. The molecule has 0 radical (unpaired) electrons. The third-order valence-electron chi connectivity index (χ3n) is 3.58. The molecule has 3 heterocycles. The number of nitrogens with two attached hydrogens (primary N) is 1. The first kappa shape index (κ1) is 13.9. The van der Waals surface area contributed by atoms with Crippen molar-refractivity contribution in [1.29, 1.82) is 0 Å². The Morgan fingerprint density at radius 2 is 2.24 bits per heavy atom. The van der Waals surface area contributed by atoms with Gasteiger partial charge in [0.25, 0.3) is 5.56 Å². The van der Waals surface area contributed by atoms with E-state index in [1.807, 2.05) is 0 Å². The Morgan fingerprint density at radius 3 is 2.86 bits per heavy atom. The summed E-state index contributed by atoms with van der Waals surface area (Å²) < 4.78 is 6.93. The van der Waals surface area contributed by atoms with Crippen molar-refractivity contribution in [3.05, 3.63) is 16.7 Å². The SMILES string of the molecule is Nc1nc2c(ncn2[C@@H]2OC(CO)(CO)C[C@H]2O)c(=O)[nH]1. The maximum Gasteiger partial charge on any atom is 0.280 e. The molecule has 2 aromatic heterocycles. The van der Waals surface area contributed by atoms with E-state index in [0.29, 0.717) is 0 Å². The van der Waals surface area contributed by atoms with E-state index in [-0.39, 0.29) is 23.5 Å². The number of imidazole rings is 1. The zero-order chi connectivity index (χ0) is 15.2. The molecule has 0 aromatic carbocycles. The summed E-state index contributed by atoms with van der Waals surface area (Å²) in [6.45, 7) is -0.889. The second-order valence-corrected chi connectivity index (χ2v) is 5.05. The lowest BCUT2D eigenvalue weighted by Crippen LogP contribution is -2.37. The third kappa shape index (κ3) is 2.08. The van der Waals surface area contributed by atoms with Gasteiger partial charge in [-0.3, -0.25) is 14.3 Å². The van der Waals surface area contributed by atoms with Gasteiger partial charge in [0.1, 0.15) is 11.7 Å². The van der Waals surface area contributed by atoms with Crippen LogP contribution in [0.1, 0.15) is 12.6 Å². The molecule has 21 heavy (non-hydrogen) atoms. The molecular formula is C11H15N5O5. The minimum atomic E-state index is -1.24. The topological polar surface area (TPSA) is 160 Å². The monoisotopic (exact) mass is 297 g/mol. The number of nitrogens with one attached hydrogen (secondary N) is 1. The Hall–Kier alpha value is -2.01. The average molecular weight is 297 g/mol. The van der Waals surface area contributed by atoms with E-state index < -0.39 is 36.7 Å². The number of H-pyrrole nitrogens is 1. The third-order valence-corrected chi connectivity index (χ3v) is 3.58. The minimum absolute atomic E-state index is 0.0447. The largest absolute Gasteiger partial charge is 0.393 e. The molecule has 0 amide bonds. The first-order valence-corrected chi connectivity index (χ1v) is 6.29. The zero-order valence-electron chi connectivity index (χ0n) is 10.9. The summed E-state index contributed by atoms with van der Waals surface area (Å²) in [7, 11) is 0. The van der Waals surface area contributed by atoms with Gasteiger partial charge in [0, 0.05) is 6.42 Å². The fraction of sp³-hybridized carbons (Fsp3) is 0.545. The van der Waals surface area contributed by atoms with Gasteiger partial charge < -0.3 is 25.8 Å². The van der Waals surface area contributed by atoms with Crippen molar-refractivity contribution < 1.29 is 20.1 Å². The first-order chi connectivity index (χ1) is 9.99. The number of anilines is 1. The van der Waals surface area contributed by atoms with Crippen LogP contribution in [0.25, 0.3) is 11.2 Å². The molecule has 10 heteroatoms. The summed E-state index contributed by atoms with van der Waals surface area (Å²) in [5, 5.41) is 28.8. The van der Waals surface area contributed by atoms with E-state index in [1.165, 1.54) is 10.9 Å². The quantitative estimate of drug-likeness (QED) is 0.423. The highest BCUT2D eigenvalue weighted by Gasteiger charge is 2.46. The van der Waals surface area contributed by atoms with E-state index in [4.69, 9.17) is 10.5 Å². The van der Waals surface area contributed by atoms with E-state index in [9.17, 15) is 20.1 Å². The Bertz CT molecular complexity index is 721. The van der Waals surface area contributed by atoms with Crippen molar-refractivity contribution in [2.24, 2.45) is 0 Å². The lowest BCUT2D eigenvalue weighted by Gasteiger charge is -2.24. The van der Waals surface area contributed by atoms with Gasteiger partial charge in [0.2, 0.25) is 5.95 Å². The highest BCUT2D eigenvalue weighted by atomic mass is 16.6. The molecule has 1 saturated heterocycles. The molecule has 0 unspecified atom stereocenters. The molecule has 1 aliphatic heterocycles. The van der Waals surface area contributed by atoms with Crippen LogP contribution in [0.3, 0.4) is 0 Å². The summed E-state index contributed by atoms with van der Waals surface area (Å²) in [6, 6.07) is 0. The number of aromatic nitrogens is 4. The number of aromatic amines is 1. The summed E-state index contributed by atoms with van der Waals surface area (Å²) in [5.41, 5.74) is 3.98. The molecule has 0 saturated carbocycles. The summed E-state index contributed by atoms with van der Waals surface area (Å²) in [4.78, 5) is 21.9. The van der Waals surface area contributed by atoms with Crippen LogP contribution in [0, 0.1) is 0 Å². The number of nitrogens with zero attached hydrogens (tertiary/aromatic N) is 3. The molecule has 2 atom stereocenters. The van der Waals surface area contributed by atoms with Crippen LogP contribution in [0.15, 0.2) is 11.1 Å². The molecule has 114 valence electrons. The molecule has 1 aliphatic rings. The maximum absolute atomic E-state index is 11.7. The number of aliphatic hydroxyl groups is 3. The molecule has 0 spiro atoms. The van der Waals surface area contributed by atoms with Crippen LogP contribution >= 0.6 is 0 Å². The predicted octanol–water partition coefficient (Wildman–Crippen LogP) is -2.30. The van der Waals surface area contributed by atoms with Gasteiger partial charge in [0.05, 0.1) is 19.5 Å². The second kappa shape index (κ2) is 4.77. The molecule has 6 N–H and O–H groups in total. The number of nitrogen functional groups attached to an aromatic ring is 1. The number of fused-ring (bicyclic) bond motifs is 1. The molecule has 10 nitrogen and oxygen atoms in total. The highest BCUT2D eigenvalue weighted by molar-refractivity contribution is 5.70. The van der Waals surface area contributed by atoms with Gasteiger partial charge in [0.15, 0.2) is 17.4 Å². The smallest absolute Gasteiger partial charge is 0.280 e. The molecule has 1 fully saturated rings. The van der Waals surface area contributed by atoms with Gasteiger partial charge in [-0.05, 0) is 0 Å². The number of ether oxygens (including phenoxy) is 1. The van der Waals surface area contributed by atoms with Gasteiger partial charge >= 0.3 is 0 Å². The predicted molar refractivity (Wildman–Crippen MR) is 70.2 cm³/mol. The highest BCUT2D eigenvalue weighted by Crippen LogP contribution is 2.37. The van der Waals surface area contributed by atoms with E-state index >= 15 is 0 Å². The van der Waals surface area contributed by atoms with Crippen molar-refractivity contribution in [2.45, 2.75) is 24.4 Å². The van der Waals surface area contributed by atoms with Gasteiger partial charge in [-0.25, -0.2) is 4.98 Å². The fourth-order valence-electron chi connectivity index (χ4n) is 2.49. The Kier molecular flexibility index (Phi) is 3.17.